The number of amides is 1. The summed E-state index contributed by atoms with van der Waals surface area (Å²) in [7, 11) is 1.48. The fourth-order valence-electron chi connectivity index (χ4n) is 1.93. The first-order valence-corrected chi connectivity index (χ1v) is 7.16. The zero-order valence-electron chi connectivity index (χ0n) is 13.9. The lowest BCUT2D eigenvalue weighted by Gasteiger charge is -2.30. The van der Waals surface area contributed by atoms with Gasteiger partial charge in [0.2, 0.25) is 0 Å². The summed E-state index contributed by atoms with van der Waals surface area (Å²) in [6, 6.07) is 5.04. The Hall–Kier alpha value is -1.95. The van der Waals surface area contributed by atoms with Crippen molar-refractivity contribution < 1.29 is 19.4 Å². The summed E-state index contributed by atoms with van der Waals surface area (Å²) >= 11 is 0. The first kappa shape index (κ1) is 18.1. The number of alkyl carbamates (subject to hydrolysis) is 1. The largest absolute Gasteiger partial charge is 0.504 e. The molecule has 4 N–H and O–H groups in total. The molecule has 22 heavy (non-hydrogen) atoms. The van der Waals surface area contributed by atoms with E-state index >= 15 is 0 Å². The smallest absolute Gasteiger partial charge is 0.407 e. The number of rotatable bonds is 5. The molecule has 0 radical (unpaired) electrons. The number of hydrogen-bond acceptors (Lipinski definition) is 5. The van der Waals surface area contributed by atoms with Gasteiger partial charge in [0, 0.05) is 18.5 Å². The Morgan fingerprint density at radius 1 is 1.32 bits per heavy atom. The van der Waals surface area contributed by atoms with Gasteiger partial charge in [-0.1, -0.05) is 13.0 Å². The zero-order chi connectivity index (χ0) is 17.0. The Labute approximate surface area is 131 Å². The van der Waals surface area contributed by atoms with Gasteiger partial charge in [-0.3, -0.25) is 0 Å². The van der Waals surface area contributed by atoms with Crippen LogP contribution in [0.1, 0.15) is 33.3 Å². The van der Waals surface area contributed by atoms with Gasteiger partial charge in [-0.05, 0) is 38.5 Å². The van der Waals surface area contributed by atoms with Gasteiger partial charge in [0.05, 0.1) is 7.11 Å². The second-order valence-corrected chi connectivity index (χ2v) is 6.51. The fourth-order valence-corrected chi connectivity index (χ4v) is 1.93. The lowest BCUT2D eigenvalue weighted by Crippen LogP contribution is -2.45. The SMILES string of the molecule is COc1cc(C(C)(CN)CNC(=O)OC(C)(C)C)ccc1O. The van der Waals surface area contributed by atoms with Gasteiger partial charge in [-0.15, -0.1) is 0 Å². The summed E-state index contributed by atoms with van der Waals surface area (Å²) in [5, 5.41) is 12.4. The van der Waals surface area contributed by atoms with E-state index in [0.717, 1.165) is 5.56 Å². The van der Waals surface area contributed by atoms with Crippen LogP contribution in [0, 0.1) is 0 Å². The van der Waals surface area contributed by atoms with Crippen molar-refractivity contribution in [2.45, 2.75) is 38.7 Å². The van der Waals surface area contributed by atoms with Gasteiger partial charge in [0.1, 0.15) is 5.60 Å². The zero-order valence-corrected chi connectivity index (χ0v) is 13.9. The van der Waals surface area contributed by atoms with E-state index in [1.807, 2.05) is 6.92 Å². The molecule has 0 saturated carbocycles. The van der Waals surface area contributed by atoms with Crippen molar-refractivity contribution in [2.24, 2.45) is 5.73 Å². The first-order chi connectivity index (χ1) is 10.1. The third-order valence-corrected chi connectivity index (χ3v) is 3.35. The minimum absolute atomic E-state index is 0.0609. The third kappa shape index (κ3) is 4.80. The third-order valence-electron chi connectivity index (χ3n) is 3.35. The van der Waals surface area contributed by atoms with Crippen LogP contribution in [0.15, 0.2) is 18.2 Å². The van der Waals surface area contributed by atoms with Crippen molar-refractivity contribution in [2.75, 3.05) is 20.2 Å². The molecule has 6 nitrogen and oxygen atoms in total. The molecular formula is C16H26N2O4. The van der Waals surface area contributed by atoms with E-state index in [2.05, 4.69) is 5.32 Å². The van der Waals surface area contributed by atoms with E-state index in [1.165, 1.54) is 7.11 Å². The van der Waals surface area contributed by atoms with Crippen molar-refractivity contribution in [1.29, 1.82) is 0 Å². The van der Waals surface area contributed by atoms with Crippen molar-refractivity contribution in [1.82, 2.24) is 5.32 Å². The molecule has 0 saturated heterocycles. The Bertz CT molecular complexity index is 525. The number of carbonyl (C=O) groups excluding carboxylic acids is 1. The highest BCUT2D eigenvalue weighted by molar-refractivity contribution is 5.67. The van der Waals surface area contributed by atoms with E-state index in [1.54, 1.807) is 39.0 Å². The van der Waals surface area contributed by atoms with E-state index in [4.69, 9.17) is 15.2 Å². The molecule has 124 valence electrons. The van der Waals surface area contributed by atoms with Crippen LogP contribution in [0.2, 0.25) is 0 Å². The number of phenols is 1. The van der Waals surface area contributed by atoms with Gasteiger partial charge in [-0.25, -0.2) is 4.79 Å². The summed E-state index contributed by atoms with van der Waals surface area (Å²) in [6.07, 6.45) is -0.488. The standard InChI is InChI=1S/C16H26N2O4/c1-15(2,3)22-14(20)18-10-16(4,9-17)11-6-7-12(19)13(8-11)21-5/h6-8,19H,9-10,17H2,1-5H3,(H,18,20). The molecule has 1 aromatic carbocycles. The highest BCUT2D eigenvalue weighted by atomic mass is 16.6. The number of carbonyl (C=O) groups is 1. The average molecular weight is 310 g/mol. The number of hydrogen-bond donors (Lipinski definition) is 3. The first-order valence-electron chi connectivity index (χ1n) is 7.16. The number of methoxy groups -OCH3 is 1. The minimum atomic E-state index is -0.551. The molecule has 1 aromatic rings. The van der Waals surface area contributed by atoms with Crippen molar-refractivity contribution >= 4 is 6.09 Å². The van der Waals surface area contributed by atoms with Crippen LogP contribution in [0.25, 0.3) is 0 Å². The monoisotopic (exact) mass is 310 g/mol. The van der Waals surface area contributed by atoms with E-state index in [0.29, 0.717) is 18.8 Å². The molecule has 1 rings (SSSR count). The molecule has 0 spiro atoms. The Morgan fingerprint density at radius 3 is 2.45 bits per heavy atom. The maximum absolute atomic E-state index is 11.8. The van der Waals surface area contributed by atoms with E-state index in [-0.39, 0.29) is 5.75 Å². The van der Waals surface area contributed by atoms with E-state index < -0.39 is 17.1 Å². The lowest BCUT2D eigenvalue weighted by molar-refractivity contribution is 0.0516. The number of nitrogens with two attached hydrogens (primary N) is 1. The fraction of sp³-hybridized carbons (Fsp3) is 0.562. The van der Waals surface area contributed by atoms with Crippen LogP contribution in [0.5, 0.6) is 11.5 Å². The van der Waals surface area contributed by atoms with Gasteiger partial charge >= 0.3 is 6.09 Å². The van der Waals surface area contributed by atoms with Crippen LogP contribution in [-0.2, 0) is 10.2 Å². The summed E-state index contributed by atoms with van der Waals surface area (Å²) in [6.45, 7) is 7.97. The van der Waals surface area contributed by atoms with Crippen LogP contribution < -0.4 is 15.8 Å². The molecule has 1 unspecified atom stereocenters. The van der Waals surface area contributed by atoms with Gasteiger partial charge in [0.25, 0.3) is 0 Å². The van der Waals surface area contributed by atoms with Crippen LogP contribution in [-0.4, -0.2) is 37.0 Å². The maximum atomic E-state index is 11.8. The number of benzene rings is 1. The normalized spacial score (nSPS) is 14.1. The molecule has 0 aliphatic heterocycles. The predicted octanol–water partition coefficient (Wildman–Crippen LogP) is 2.14. The van der Waals surface area contributed by atoms with Crippen LogP contribution >= 0.6 is 0 Å². The molecule has 0 aliphatic rings. The quantitative estimate of drug-likeness (QED) is 0.774. The summed E-state index contributed by atoms with van der Waals surface area (Å²) < 4.78 is 10.3. The highest BCUT2D eigenvalue weighted by Crippen LogP contribution is 2.32. The maximum Gasteiger partial charge on any atom is 0.407 e. The Balaban J connectivity index is 2.86. The topological polar surface area (TPSA) is 93.8 Å². The second-order valence-electron chi connectivity index (χ2n) is 6.51. The number of nitrogens with one attached hydrogen (secondary N) is 1. The predicted molar refractivity (Wildman–Crippen MR) is 85.3 cm³/mol. The van der Waals surface area contributed by atoms with Gasteiger partial charge < -0.3 is 25.6 Å². The highest BCUT2D eigenvalue weighted by Gasteiger charge is 2.28. The van der Waals surface area contributed by atoms with Crippen molar-refractivity contribution in [3.05, 3.63) is 23.8 Å². The molecule has 0 heterocycles. The lowest BCUT2D eigenvalue weighted by atomic mass is 9.82. The molecule has 0 aromatic heterocycles. The number of aromatic hydroxyl groups is 1. The van der Waals surface area contributed by atoms with Crippen LogP contribution in [0.3, 0.4) is 0 Å². The molecular weight excluding hydrogens is 284 g/mol. The Kier molecular flexibility index (Phi) is 5.65. The number of phenolic OH excluding ortho intramolecular Hbond substituents is 1. The van der Waals surface area contributed by atoms with Crippen molar-refractivity contribution in [3.8, 4) is 11.5 Å². The second kappa shape index (κ2) is 6.87. The van der Waals surface area contributed by atoms with Crippen LogP contribution in [0.4, 0.5) is 4.79 Å². The van der Waals surface area contributed by atoms with Gasteiger partial charge in [-0.2, -0.15) is 0 Å². The Morgan fingerprint density at radius 2 is 1.95 bits per heavy atom. The summed E-state index contributed by atoms with van der Waals surface area (Å²) in [5.74, 6) is 0.431. The van der Waals surface area contributed by atoms with Gasteiger partial charge in [0.15, 0.2) is 11.5 Å². The molecule has 6 heteroatoms. The molecule has 1 amide bonds. The van der Waals surface area contributed by atoms with Crippen molar-refractivity contribution in [3.63, 3.8) is 0 Å². The average Bonchev–Trinajstić information content (AvgIpc) is 2.43. The molecule has 1 atom stereocenters. The molecule has 0 aliphatic carbocycles. The van der Waals surface area contributed by atoms with E-state index in [9.17, 15) is 9.90 Å². The minimum Gasteiger partial charge on any atom is -0.504 e. The molecule has 0 bridgehead atoms. The number of ether oxygens (including phenoxy) is 2. The summed E-state index contributed by atoms with van der Waals surface area (Å²) in [4.78, 5) is 11.8. The molecule has 0 fully saturated rings. The summed E-state index contributed by atoms with van der Waals surface area (Å²) in [5.41, 5.74) is 5.70.